The van der Waals surface area contributed by atoms with Crippen LogP contribution in [0.1, 0.15) is 20.3 Å². The van der Waals surface area contributed by atoms with E-state index in [4.69, 9.17) is 0 Å². The second-order valence-electron chi connectivity index (χ2n) is 3.00. The predicted molar refractivity (Wildman–Crippen MR) is 52.3 cm³/mol. The molecule has 10 heavy (non-hydrogen) atoms. The predicted octanol–water partition coefficient (Wildman–Crippen LogP) is 1.41. The van der Waals surface area contributed by atoms with Crippen LogP contribution in [0.2, 0.25) is 0 Å². The van der Waals surface area contributed by atoms with E-state index in [1.165, 1.54) is 19.5 Å². The lowest BCUT2D eigenvalue weighted by Gasteiger charge is -2.33. The Balaban J connectivity index is 2.35. The van der Waals surface area contributed by atoms with Gasteiger partial charge in [0.1, 0.15) is 0 Å². The van der Waals surface area contributed by atoms with Gasteiger partial charge in [-0.1, -0.05) is 6.92 Å². The van der Waals surface area contributed by atoms with Gasteiger partial charge in [0.15, 0.2) is 0 Å². The number of hydrogen-bond donors (Lipinski definition) is 1. The van der Waals surface area contributed by atoms with Gasteiger partial charge in [-0.3, -0.25) is 0 Å². The average molecular weight is 254 g/mol. The summed E-state index contributed by atoms with van der Waals surface area (Å²) in [5.74, 6) is 0. The number of piperazine rings is 1. The van der Waals surface area contributed by atoms with Crippen molar-refractivity contribution in [2.24, 2.45) is 0 Å². The van der Waals surface area contributed by atoms with Crippen molar-refractivity contribution in [3.63, 3.8) is 0 Å². The fourth-order valence-electron chi connectivity index (χ4n) is 1.37. The smallest absolute Gasteiger partial charge is 0.0236 e. The minimum absolute atomic E-state index is 0.663. The van der Waals surface area contributed by atoms with E-state index in [-0.39, 0.29) is 0 Å². The van der Waals surface area contributed by atoms with Crippen LogP contribution in [0.15, 0.2) is 0 Å². The largest absolute Gasteiger partial charge is 0.309 e. The third-order valence-electron chi connectivity index (χ3n) is 1.90. The van der Waals surface area contributed by atoms with Crippen molar-refractivity contribution >= 4 is 22.9 Å². The summed E-state index contributed by atoms with van der Waals surface area (Å²) in [6.45, 7) is 6.85. The molecule has 1 aliphatic rings. The first-order valence-electron chi connectivity index (χ1n) is 3.89. The Hall–Kier alpha value is 0.650. The highest BCUT2D eigenvalue weighted by Crippen LogP contribution is 2.10. The van der Waals surface area contributed by atoms with Crippen molar-refractivity contribution in [3.05, 3.63) is 0 Å². The second-order valence-corrected chi connectivity index (χ2v) is 4.37. The molecule has 0 amide bonds. The summed E-state index contributed by atoms with van der Waals surface area (Å²) in [4.78, 5) is 0. The highest BCUT2D eigenvalue weighted by molar-refractivity contribution is 14.1. The van der Waals surface area contributed by atoms with Crippen molar-refractivity contribution in [3.8, 4) is 0 Å². The maximum absolute atomic E-state index is 3.55. The molecule has 0 radical (unpaired) electrons. The second kappa shape index (κ2) is 3.88. The molecule has 1 saturated heterocycles. The lowest BCUT2D eigenvalue weighted by atomic mass is 10.1. The Morgan fingerprint density at radius 2 is 2.30 bits per heavy atom. The topological polar surface area (TPSA) is 15.3 Å². The molecule has 2 atom stereocenters. The van der Waals surface area contributed by atoms with E-state index in [1.54, 1.807) is 0 Å². The van der Waals surface area contributed by atoms with Crippen LogP contribution < -0.4 is 5.32 Å². The van der Waals surface area contributed by atoms with Crippen LogP contribution in [-0.2, 0) is 0 Å². The van der Waals surface area contributed by atoms with Gasteiger partial charge in [0.25, 0.3) is 0 Å². The molecule has 60 valence electrons. The quantitative estimate of drug-likeness (QED) is 0.562. The van der Waals surface area contributed by atoms with Crippen LogP contribution in [-0.4, -0.2) is 28.3 Å². The number of halogens is 1. The van der Waals surface area contributed by atoms with E-state index in [0.29, 0.717) is 12.1 Å². The maximum Gasteiger partial charge on any atom is 0.0236 e. The number of nitrogens with zero attached hydrogens (tertiary/aromatic N) is 1. The number of hydrogen-bond acceptors (Lipinski definition) is 2. The summed E-state index contributed by atoms with van der Waals surface area (Å²) in [6.07, 6.45) is 1.24. The highest BCUT2D eigenvalue weighted by atomic mass is 127. The minimum Gasteiger partial charge on any atom is -0.309 e. The molecular weight excluding hydrogens is 239 g/mol. The number of rotatable bonds is 1. The molecule has 3 heteroatoms. The molecule has 1 fully saturated rings. The first-order chi connectivity index (χ1) is 4.72. The van der Waals surface area contributed by atoms with Crippen LogP contribution in [0.25, 0.3) is 0 Å². The van der Waals surface area contributed by atoms with E-state index >= 15 is 0 Å². The van der Waals surface area contributed by atoms with Gasteiger partial charge >= 0.3 is 0 Å². The standard InChI is InChI=1S/C7H15IN2/c1-3-7-5-10(8)4-6(2)9-7/h6-7,9H,3-5H2,1-2H3/t6-,7-/m0/s1. The molecule has 0 aromatic rings. The first kappa shape index (κ1) is 8.74. The zero-order valence-electron chi connectivity index (χ0n) is 6.60. The van der Waals surface area contributed by atoms with Crippen LogP contribution in [0.5, 0.6) is 0 Å². The molecule has 1 N–H and O–H groups in total. The summed E-state index contributed by atoms with van der Waals surface area (Å²) in [5.41, 5.74) is 0. The normalized spacial score (nSPS) is 36.3. The van der Waals surface area contributed by atoms with Crippen molar-refractivity contribution in [2.45, 2.75) is 32.4 Å². The summed E-state index contributed by atoms with van der Waals surface area (Å²) < 4.78 is 2.37. The monoisotopic (exact) mass is 254 g/mol. The van der Waals surface area contributed by atoms with Gasteiger partial charge in [-0.15, -0.1) is 0 Å². The molecular formula is C7H15IN2. The first-order valence-corrected chi connectivity index (χ1v) is 4.85. The third-order valence-corrected chi connectivity index (χ3v) is 2.69. The molecule has 1 aliphatic heterocycles. The Labute approximate surface area is 76.9 Å². The SMILES string of the molecule is CC[C@H]1CN(I)C[C@H](C)N1. The van der Waals surface area contributed by atoms with Crippen molar-refractivity contribution in [1.29, 1.82) is 0 Å². The summed E-state index contributed by atoms with van der Waals surface area (Å²) in [7, 11) is 0. The van der Waals surface area contributed by atoms with Crippen LogP contribution in [0.4, 0.5) is 0 Å². The molecule has 0 spiro atoms. The highest BCUT2D eigenvalue weighted by Gasteiger charge is 2.20. The Kier molecular flexibility index (Phi) is 3.39. The Morgan fingerprint density at radius 1 is 1.60 bits per heavy atom. The molecule has 0 aliphatic carbocycles. The number of nitrogens with one attached hydrogen (secondary N) is 1. The van der Waals surface area contributed by atoms with Crippen LogP contribution in [0.3, 0.4) is 0 Å². The van der Waals surface area contributed by atoms with Crippen molar-refractivity contribution < 1.29 is 0 Å². The average Bonchev–Trinajstić information content (AvgIpc) is 1.85. The lowest BCUT2D eigenvalue weighted by molar-refractivity contribution is 0.281. The fourth-order valence-corrected chi connectivity index (χ4v) is 2.43. The van der Waals surface area contributed by atoms with E-state index in [2.05, 4.69) is 45.1 Å². The van der Waals surface area contributed by atoms with Gasteiger partial charge in [-0.25, -0.2) is 3.11 Å². The van der Waals surface area contributed by atoms with Crippen molar-refractivity contribution in [2.75, 3.05) is 13.1 Å². The molecule has 1 heterocycles. The van der Waals surface area contributed by atoms with Crippen molar-refractivity contribution in [1.82, 2.24) is 8.43 Å². The summed E-state index contributed by atoms with van der Waals surface area (Å²) in [5, 5.41) is 3.55. The third kappa shape index (κ3) is 2.36. The van der Waals surface area contributed by atoms with Crippen LogP contribution in [0, 0.1) is 0 Å². The molecule has 1 rings (SSSR count). The molecule has 2 nitrogen and oxygen atoms in total. The van der Waals surface area contributed by atoms with E-state index < -0.39 is 0 Å². The van der Waals surface area contributed by atoms with Gasteiger partial charge < -0.3 is 5.32 Å². The molecule has 0 saturated carbocycles. The van der Waals surface area contributed by atoms with Crippen LogP contribution >= 0.6 is 22.9 Å². The summed E-state index contributed by atoms with van der Waals surface area (Å²) >= 11 is 2.40. The van der Waals surface area contributed by atoms with E-state index in [0.717, 1.165) is 0 Å². The van der Waals surface area contributed by atoms with Gasteiger partial charge in [-0.2, -0.15) is 0 Å². The van der Waals surface area contributed by atoms with Gasteiger partial charge in [-0.05, 0) is 13.3 Å². The maximum atomic E-state index is 3.55. The minimum atomic E-state index is 0.663. The fraction of sp³-hybridized carbons (Fsp3) is 1.00. The van der Waals surface area contributed by atoms with Gasteiger partial charge in [0, 0.05) is 48.0 Å². The van der Waals surface area contributed by atoms with Gasteiger partial charge in [0.05, 0.1) is 0 Å². The molecule has 0 aromatic heterocycles. The lowest BCUT2D eigenvalue weighted by Crippen LogP contribution is -2.51. The zero-order valence-corrected chi connectivity index (χ0v) is 8.76. The Bertz CT molecular complexity index is 97.8. The van der Waals surface area contributed by atoms with E-state index in [1.807, 2.05) is 0 Å². The molecule has 0 bridgehead atoms. The van der Waals surface area contributed by atoms with E-state index in [9.17, 15) is 0 Å². The Morgan fingerprint density at radius 3 is 2.80 bits per heavy atom. The summed E-state index contributed by atoms with van der Waals surface area (Å²) in [6, 6.07) is 1.37. The molecule has 0 aromatic carbocycles. The van der Waals surface area contributed by atoms with Gasteiger partial charge in [0.2, 0.25) is 0 Å². The zero-order chi connectivity index (χ0) is 7.56. The molecule has 0 unspecified atom stereocenters.